The van der Waals surface area contributed by atoms with Crippen LogP contribution >= 0.6 is 11.3 Å². The number of pyridine rings is 1. The molecule has 0 aliphatic heterocycles. The number of carbonyl (C=O) groups excluding carboxylic acids is 2. The zero-order valence-electron chi connectivity index (χ0n) is 13.3. The van der Waals surface area contributed by atoms with Crippen LogP contribution in [0.5, 0.6) is 0 Å². The molecule has 0 aliphatic rings. The Morgan fingerprint density at radius 3 is 2.65 bits per heavy atom. The molecular formula is C17H20N2O3S. The monoisotopic (exact) mass is 332 g/mol. The van der Waals surface area contributed by atoms with Crippen LogP contribution in [0.4, 0.5) is 0 Å². The van der Waals surface area contributed by atoms with Gasteiger partial charge >= 0.3 is 5.97 Å². The summed E-state index contributed by atoms with van der Waals surface area (Å²) >= 11 is 1.56. The van der Waals surface area contributed by atoms with E-state index in [0.29, 0.717) is 19.5 Å². The number of rotatable bonds is 7. The molecule has 2 rings (SSSR count). The van der Waals surface area contributed by atoms with Crippen LogP contribution in [0.3, 0.4) is 0 Å². The first-order valence-corrected chi connectivity index (χ1v) is 8.25. The predicted molar refractivity (Wildman–Crippen MR) is 88.9 cm³/mol. The van der Waals surface area contributed by atoms with Gasteiger partial charge in [-0.25, -0.2) is 0 Å². The summed E-state index contributed by atoms with van der Waals surface area (Å²) in [4.78, 5) is 31.0. The van der Waals surface area contributed by atoms with Gasteiger partial charge in [0, 0.05) is 30.4 Å². The number of ether oxygens (including phenoxy) is 1. The molecule has 5 nitrogen and oxygen atoms in total. The van der Waals surface area contributed by atoms with Gasteiger partial charge in [0.05, 0.1) is 19.4 Å². The van der Waals surface area contributed by atoms with Crippen LogP contribution in [-0.2, 0) is 27.3 Å². The number of amides is 1. The molecule has 1 atom stereocenters. The lowest BCUT2D eigenvalue weighted by atomic mass is 10.1. The molecule has 0 aromatic carbocycles. The molecule has 0 saturated heterocycles. The Balaban J connectivity index is 2.09. The highest BCUT2D eigenvalue weighted by Crippen LogP contribution is 2.14. The molecule has 2 aromatic rings. The number of nitrogens with zero attached hydrogens (tertiary/aromatic N) is 2. The molecule has 0 fully saturated rings. The van der Waals surface area contributed by atoms with Gasteiger partial charge in [0.1, 0.15) is 0 Å². The minimum absolute atomic E-state index is 0.0000142. The average molecular weight is 332 g/mol. The van der Waals surface area contributed by atoms with Gasteiger partial charge in [0.15, 0.2) is 0 Å². The van der Waals surface area contributed by atoms with Gasteiger partial charge < -0.3 is 9.64 Å². The summed E-state index contributed by atoms with van der Waals surface area (Å²) < 4.78 is 4.76. The van der Waals surface area contributed by atoms with E-state index in [1.54, 1.807) is 35.6 Å². The van der Waals surface area contributed by atoms with Crippen molar-refractivity contribution in [3.05, 3.63) is 52.5 Å². The molecule has 0 saturated carbocycles. The second-order valence-electron chi connectivity index (χ2n) is 5.31. The summed E-state index contributed by atoms with van der Waals surface area (Å²) in [7, 11) is 1.36. The van der Waals surface area contributed by atoms with Crippen molar-refractivity contribution in [2.45, 2.75) is 19.9 Å². The van der Waals surface area contributed by atoms with E-state index < -0.39 is 0 Å². The molecule has 0 radical (unpaired) electrons. The van der Waals surface area contributed by atoms with Crippen molar-refractivity contribution >= 4 is 23.2 Å². The number of aromatic nitrogens is 1. The lowest BCUT2D eigenvalue weighted by Gasteiger charge is -2.25. The number of hydrogen-bond acceptors (Lipinski definition) is 5. The Labute approximate surface area is 139 Å². The Kier molecular flexibility index (Phi) is 6.29. The van der Waals surface area contributed by atoms with Crippen LogP contribution in [0.15, 0.2) is 42.0 Å². The zero-order valence-corrected chi connectivity index (χ0v) is 14.1. The largest absolute Gasteiger partial charge is 0.469 e. The van der Waals surface area contributed by atoms with E-state index in [0.717, 1.165) is 10.4 Å². The lowest BCUT2D eigenvalue weighted by molar-refractivity contribution is -0.146. The first-order valence-electron chi connectivity index (χ1n) is 7.37. The van der Waals surface area contributed by atoms with Crippen molar-refractivity contribution in [3.63, 3.8) is 0 Å². The van der Waals surface area contributed by atoms with E-state index >= 15 is 0 Å². The van der Waals surface area contributed by atoms with E-state index in [-0.39, 0.29) is 17.8 Å². The summed E-state index contributed by atoms with van der Waals surface area (Å²) in [5, 5.41) is 1.95. The fourth-order valence-corrected chi connectivity index (χ4v) is 2.94. The number of esters is 1. The summed E-state index contributed by atoms with van der Waals surface area (Å²) in [5.41, 5.74) is 0.983. The minimum Gasteiger partial charge on any atom is -0.469 e. The Morgan fingerprint density at radius 1 is 1.30 bits per heavy atom. The van der Waals surface area contributed by atoms with Crippen molar-refractivity contribution in [3.8, 4) is 0 Å². The first-order chi connectivity index (χ1) is 11.1. The average Bonchev–Trinajstić information content (AvgIpc) is 3.07. The van der Waals surface area contributed by atoms with Crippen LogP contribution in [0.2, 0.25) is 0 Å². The highest BCUT2D eigenvalue weighted by atomic mass is 32.1. The molecule has 122 valence electrons. The van der Waals surface area contributed by atoms with Crippen molar-refractivity contribution in [2.75, 3.05) is 13.7 Å². The number of carbonyl (C=O) groups is 2. The van der Waals surface area contributed by atoms with E-state index in [1.807, 2.05) is 29.6 Å². The number of thiophene rings is 1. The number of methoxy groups -OCH3 is 1. The van der Waals surface area contributed by atoms with Gasteiger partial charge in [-0.2, -0.15) is 0 Å². The normalized spacial score (nSPS) is 11.7. The fourth-order valence-electron chi connectivity index (χ4n) is 2.24. The molecule has 0 aliphatic carbocycles. The van der Waals surface area contributed by atoms with Crippen molar-refractivity contribution < 1.29 is 14.3 Å². The SMILES string of the molecule is COC(=O)C(C)CN(Cc1ccncc1)C(=O)Cc1cccs1. The van der Waals surface area contributed by atoms with Crippen LogP contribution in [0.1, 0.15) is 17.4 Å². The summed E-state index contributed by atoms with van der Waals surface area (Å²) in [6.07, 6.45) is 3.73. The van der Waals surface area contributed by atoms with E-state index in [2.05, 4.69) is 4.98 Å². The van der Waals surface area contributed by atoms with Crippen molar-refractivity contribution in [1.82, 2.24) is 9.88 Å². The maximum atomic E-state index is 12.6. The molecular weight excluding hydrogens is 312 g/mol. The smallest absolute Gasteiger partial charge is 0.310 e. The van der Waals surface area contributed by atoms with Gasteiger partial charge in [0.2, 0.25) is 5.91 Å². The summed E-state index contributed by atoms with van der Waals surface area (Å²) in [6.45, 7) is 2.55. The van der Waals surface area contributed by atoms with E-state index in [1.165, 1.54) is 7.11 Å². The Hall–Kier alpha value is -2.21. The zero-order chi connectivity index (χ0) is 16.7. The van der Waals surface area contributed by atoms with E-state index in [4.69, 9.17) is 4.74 Å². The third-order valence-electron chi connectivity index (χ3n) is 3.48. The van der Waals surface area contributed by atoms with Crippen LogP contribution in [0, 0.1) is 5.92 Å². The quantitative estimate of drug-likeness (QED) is 0.731. The second-order valence-corrected chi connectivity index (χ2v) is 6.34. The van der Waals surface area contributed by atoms with Crippen molar-refractivity contribution in [2.24, 2.45) is 5.92 Å². The molecule has 2 aromatic heterocycles. The van der Waals surface area contributed by atoms with Gasteiger partial charge in [-0.3, -0.25) is 14.6 Å². The topological polar surface area (TPSA) is 59.5 Å². The van der Waals surface area contributed by atoms with Gasteiger partial charge in [0.25, 0.3) is 0 Å². The summed E-state index contributed by atoms with van der Waals surface area (Å²) in [5.74, 6) is -0.678. The molecule has 1 amide bonds. The molecule has 2 heterocycles. The maximum absolute atomic E-state index is 12.6. The summed E-state index contributed by atoms with van der Waals surface area (Å²) in [6, 6.07) is 7.61. The molecule has 0 bridgehead atoms. The van der Waals surface area contributed by atoms with Gasteiger partial charge in [-0.15, -0.1) is 11.3 Å². The minimum atomic E-state index is -0.367. The maximum Gasteiger partial charge on any atom is 0.310 e. The fraction of sp³-hybridized carbons (Fsp3) is 0.353. The molecule has 6 heteroatoms. The van der Waals surface area contributed by atoms with E-state index in [9.17, 15) is 9.59 Å². The van der Waals surface area contributed by atoms with Crippen LogP contribution in [0.25, 0.3) is 0 Å². The van der Waals surface area contributed by atoms with Crippen molar-refractivity contribution in [1.29, 1.82) is 0 Å². The van der Waals surface area contributed by atoms with Crippen LogP contribution in [-0.4, -0.2) is 35.4 Å². The van der Waals surface area contributed by atoms with Gasteiger partial charge in [-0.1, -0.05) is 13.0 Å². The second kappa shape index (κ2) is 8.43. The molecule has 1 unspecified atom stereocenters. The Morgan fingerprint density at radius 2 is 2.04 bits per heavy atom. The Bertz CT molecular complexity index is 629. The number of hydrogen-bond donors (Lipinski definition) is 0. The third-order valence-corrected chi connectivity index (χ3v) is 4.36. The standard InChI is InChI=1S/C17H20N2O3S/c1-13(17(21)22-2)11-19(12-14-5-7-18-8-6-14)16(20)10-15-4-3-9-23-15/h3-9,13H,10-12H2,1-2H3. The molecule has 23 heavy (non-hydrogen) atoms. The third kappa shape index (κ3) is 5.17. The lowest BCUT2D eigenvalue weighted by Crippen LogP contribution is -2.37. The first kappa shape index (κ1) is 17.1. The highest BCUT2D eigenvalue weighted by molar-refractivity contribution is 7.10. The van der Waals surface area contributed by atoms with Crippen LogP contribution < -0.4 is 0 Å². The van der Waals surface area contributed by atoms with Gasteiger partial charge in [-0.05, 0) is 29.1 Å². The highest BCUT2D eigenvalue weighted by Gasteiger charge is 2.22. The molecule has 0 spiro atoms. The predicted octanol–water partition coefficient (Wildman–Crippen LogP) is 2.52. The molecule has 0 N–H and O–H groups in total.